The Hall–Kier alpha value is -6.69. The minimum atomic E-state index is 0.585. The van der Waals surface area contributed by atoms with Gasteiger partial charge < -0.3 is 13.7 Å². The van der Waals surface area contributed by atoms with Gasteiger partial charge in [0.1, 0.15) is 16.7 Å². The Kier molecular flexibility index (Phi) is 6.39. The van der Waals surface area contributed by atoms with Crippen LogP contribution in [0.5, 0.6) is 0 Å². The van der Waals surface area contributed by atoms with E-state index >= 15 is 0 Å². The quantitative estimate of drug-likeness (QED) is 0.181. The van der Waals surface area contributed by atoms with E-state index in [2.05, 4.69) is 138 Å². The second-order valence-corrected chi connectivity index (χ2v) is 14.2. The predicted octanol–water partition coefficient (Wildman–Crippen LogP) is 14.1. The van der Waals surface area contributed by atoms with Gasteiger partial charge in [0.2, 0.25) is 5.89 Å². The van der Waals surface area contributed by atoms with E-state index in [9.17, 15) is 0 Å². The molecule has 52 heavy (non-hydrogen) atoms. The highest BCUT2D eigenvalue weighted by molar-refractivity contribution is 7.26. The van der Waals surface area contributed by atoms with E-state index in [0.29, 0.717) is 5.89 Å². The van der Waals surface area contributed by atoms with Crippen LogP contribution in [0.1, 0.15) is 0 Å². The number of furan rings is 1. The number of hydrogen-bond acceptors (Lipinski definition) is 5. The van der Waals surface area contributed by atoms with Gasteiger partial charge in [-0.3, -0.25) is 0 Å². The Labute approximate surface area is 302 Å². The summed E-state index contributed by atoms with van der Waals surface area (Å²) in [5.74, 6) is 0.585. The Morgan fingerprint density at radius 3 is 2.19 bits per heavy atom. The van der Waals surface area contributed by atoms with E-state index in [1.807, 2.05) is 47.7 Å². The highest BCUT2D eigenvalue weighted by Crippen LogP contribution is 2.47. The summed E-state index contributed by atoms with van der Waals surface area (Å²) in [6.45, 7) is 0. The predicted molar refractivity (Wildman–Crippen MR) is 217 cm³/mol. The lowest BCUT2D eigenvalue weighted by atomic mass is 10.00. The highest BCUT2D eigenvalue weighted by Gasteiger charge is 2.22. The van der Waals surface area contributed by atoms with Crippen molar-refractivity contribution in [2.75, 3.05) is 4.90 Å². The zero-order chi connectivity index (χ0) is 34.2. The first kappa shape index (κ1) is 29.1. The van der Waals surface area contributed by atoms with Crippen molar-refractivity contribution in [1.29, 1.82) is 0 Å². The fraction of sp³-hybridized carbons (Fsp3) is 0. The zero-order valence-electron chi connectivity index (χ0n) is 27.8. The Morgan fingerprint density at radius 2 is 1.23 bits per heavy atom. The Bertz CT molecular complexity index is 3130. The number of anilines is 3. The van der Waals surface area contributed by atoms with Gasteiger partial charge in [-0.2, -0.15) is 0 Å². The summed E-state index contributed by atoms with van der Waals surface area (Å²) in [5.41, 5.74) is 9.63. The van der Waals surface area contributed by atoms with Gasteiger partial charge in [-0.05, 0) is 94.7 Å². The minimum Gasteiger partial charge on any atom is -0.456 e. The summed E-state index contributed by atoms with van der Waals surface area (Å²) < 4.78 is 15.4. The molecule has 0 N–H and O–H groups in total. The molecule has 5 heteroatoms. The van der Waals surface area contributed by atoms with Crippen molar-refractivity contribution in [3.8, 4) is 22.6 Å². The van der Waals surface area contributed by atoms with E-state index < -0.39 is 0 Å². The van der Waals surface area contributed by atoms with Crippen molar-refractivity contribution in [2.45, 2.75) is 0 Å². The molecule has 0 saturated carbocycles. The molecule has 8 aromatic carbocycles. The Balaban J connectivity index is 1.13. The average Bonchev–Trinajstić information content (AvgIpc) is 3.91. The standard InChI is InChI=1S/C47H28N2O2S/c1-2-11-30-26-32(23-22-29(30)10-1)31-12-7-13-33(27-31)49(39-17-9-21-44-46(39)36-14-3-6-20-43(36)52-44)34-24-25-35-42(28-34)50-41-19-8-15-37(45(35)41)47-48-38-16-4-5-18-40(38)51-47/h1-28H. The summed E-state index contributed by atoms with van der Waals surface area (Å²) in [7, 11) is 0. The van der Waals surface area contributed by atoms with Gasteiger partial charge in [0.25, 0.3) is 0 Å². The van der Waals surface area contributed by atoms with E-state index in [1.165, 1.54) is 36.5 Å². The lowest BCUT2D eigenvalue weighted by Crippen LogP contribution is -2.10. The van der Waals surface area contributed by atoms with Gasteiger partial charge in [-0.1, -0.05) is 91.0 Å². The number of hydrogen-bond donors (Lipinski definition) is 0. The number of para-hydroxylation sites is 2. The first-order valence-corrected chi connectivity index (χ1v) is 18.2. The first-order chi connectivity index (χ1) is 25.7. The Morgan fingerprint density at radius 1 is 0.462 bits per heavy atom. The van der Waals surface area contributed by atoms with Crippen LogP contribution >= 0.6 is 11.3 Å². The maximum atomic E-state index is 6.63. The summed E-state index contributed by atoms with van der Waals surface area (Å²) >= 11 is 1.83. The summed E-state index contributed by atoms with van der Waals surface area (Å²) in [6.07, 6.45) is 0. The molecule has 0 bridgehead atoms. The van der Waals surface area contributed by atoms with Crippen LogP contribution in [0.3, 0.4) is 0 Å². The van der Waals surface area contributed by atoms with Crippen LogP contribution in [0.15, 0.2) is 179 Å². The molecule has 11 rings (SSSR count). The minimum absolute atomic E-state index is 0.585. The van der Waals surface area contributed by atoms with Crippen molar-refractivity contribution in [3.05, 3.63) is 170 Å². The largest absolute Gasteiger partial charge is 0.456 e. The number of benzene rings is 8. The van der Waals surface area contributed by atoms with Gasteiger partial charge in [0.05, 0.1) is 5.69 Å². The van der Waals surface area contributed by atoms with Gasteiger partial charge in [-0.15, -0.1) is 11.3 Å². The molecule has 4 nitrogen and oxygen atoms in total. The zero-order valence-corrected chi connectivity index (χ0v) is 28.6. The van der Waals surface area contributed by atoms with Crippen LogP contribution in [0, 0.1) is 0 Å². The van der Waals surface area contributed by atoms with E-state index in [4.69, 9.17) is 13.8 Å². The van der Waals surface area contributed by atoms with Gasteiger partial charge in [-0.25, -0.2) is 4.98 Å². The molecular formula is C47H28N2O2S. The molecule has 11 aromatic rings. The SMILES string of the molecule is c1cc(-c2ccc3ccccc3c2)cc(N(c2ccc3c(c2)oc2cccc(-c4nc5ccccc5o4)c23)c2cccc3sc4ccccc4c23)c1. The normalized spacial score (nSPS) is 11.8. The van der Waals surface area contributed by atoms with Crippen LogP contribution in [0.2, 0.25) is 0 Å². The molecule has 0 radical (unpaired) electrons. The van der Waals surface area contributed by atoms with Crippen LogP contribution in [-0.2, 0) is 0 Å². The van der Waals surface area contributed by atoms with E-state index in [0.717, 1.165) is 61.2 Å². The van der Waals surface area contributed by atoms with Gasteiger partial charge >= 0.3 is 0 Å². The van der Waals surface area contributed by atoms with Crippen LogP contribution < -0.4 is 4.90 Å². The number of fused-ring (bicyclic) bond motifs is 8. The van der Waals surface area contributed by atoms with Crippen molar-refractivity contribution < 1.29 is 8.83 Å². The molecule has 244 valence electrons. The molecular weight excluding hydrogens is 657 g/mol. The molecule has 0 spiro atoms. The molecule has 0 unspecified atom stereocenters. The molecule has 0 fully saturated rings. The molecule has 0 aliphatic carbocycles. The average molecular weight is 685 g/mol. The number of thiophene rings is 1. The van der Waals surface area contributed by atoms with Crippen molar-refractivity contribution in [3.63, 3.8) is 0 Å². The molecule has 0 saturated heterocycles. The van der Waals surface area contributed by atoms with Crippen LogP contribution in [0.4, 0.5) is 17.1 Å². The second-order valence-electron chi connectivity index (χ2n) is 13.1. The fourth-order valence-electron chi connectivity index (χ4n) is 7.68. The third kappa shape index (κ3) is 4.57. The van der Waals surface area contributed by atoms with E-state index in [1.54, 1.807) is 0 Å². The fourth-order valence-corrected chi connectivity index (χ4v) is 8.81. The maximum absolute atomic E-state index is 6.63. The summed E-state index contributed by atoms with van der Waals surface area (Å²) in [6, 6.07) is 59.9. The molecule has 0 aliphatic heterocycles. The van der Waals surface area contributed by atoms with E-state index in [-0.39, 0.29) is 0 Å². The maximum Gasteiger partial charge on any atom is 0.228 e. The third-order valence-corrected chi connectivity index (χ3v) is 11.2. The van der Waals surface area contributed by atoms with Crippen molar-refractivity contribution in [2.24, 2.45) is 0 Å². The molecule has 0 amide bonds. The molecule has 3 aromatic heterocycles. The van der Waals surface area contributed by atoms with Gasteiger partial charge in [0.15, 0.2) is 5.58 Å². The van der Waals surface area contributed by atoms with Crippen molar-refractivity contribution in [1.82, 2.24) is 4.98 Å². The third-order valence-electron chi connectivity index (χ3n) is 10.1. The lowest BCUT2D eigenvalue weighted by Gasteiger charge is -2.27. The van der Waals surface area contributed by atoms with Crippen LogP contribution in [-0.4, -0.2) is 4.98 Å². The topological polar surface area (TPSA) is 42.4 Å². The number of rotatable bonds is 5. The monoisotopic (exact) mass is 684 g/mol. The second kappa shape index (κ2) is 11.4. The summed E-state index contributed by atoms with van der Waals surface area (Å²) in [5, 5.41) is 6.96. The number of oxazole rings is 1. The van der Waals surface area contributed by atoms with Gasteiger partial charge in [0, 0.05) is 53.9 Å². The molecule has 0 atom stereocenters. The lowest BCUT2D eigenvalue weighted by molar-refractivity contribution is 0.620. The number of aromatic nitrogens is 1. The first-order valence-electron chi connectivity index (χ1n) is 17.4. The summed E-state index contributed by atoms with van der Waals surface area (Å²) in [4.78, 5) is 7.20. The smallest absolute Gasteiger partial charge is 0.228 e. The molecule has 0 aliphatic rings. The number of nitrogens with zero attached hydrogens (tertiary/aromatic N) is 2. The molecule has 3 heterocycles. The highest BCUT2D eigenvalue weighted by atomic mass is 32.1. The van der Waals surface area contributed by atoms with Crippen molar-refractivity contribution >= 4 is 92.4 Å². The van der Waals surface area contributed by atoms with Crippen LogP contribution in [0.25, 0.3) is 86.6 Å².